The second kappa shape index (κ2) is 6.58. The molecule has 0 bridgehead atoms. The van der Waals surface area contributed by atoms with Gasteiger partial charge in [-0.05, 0) is 55.7 Å². The Balaban J connectivity index is 1.73. The molecule has 2 heterocycles. The molecule has 2 amide bonds. The highest BCUT2D eigenvalue weighted by Gasteiger charge is 2.35. The number of benzene rings is 1. The Morgan fingerprint density at radius 2 is 2.17 bits per heavy atom. The summed E-state index contributed by atoms with van der Waals surface area (Å²) < 4.78 is 6.15. The molecule has 1 fully saturated rings. The molecule has 1 N–H and O–H groups in total. The van der Waals surface area contributed by atoms with E-state index in [2.05, 4.69) is 21.2 Å². The number of rotatable bonds is 3. The Labute approximate surface area is 142 Å². The molecular weight excluding hydrogens is 360 g/mol. The topological polar surface area (TPSA) is 62.6 Å². The van der Waals surface area contributed by atoms with Crippen LogP contribution < -0.4 is 5.32 Å². The maximum absolute atomic E-state index is 12.5. The molecule has 0 spiro atoms. The minimum atomic E-state index is -0.462. The lowest BCUT2D eigenvalue weighted by Crippen LogP contribution is -2.43. The van der Waals surface area contributed by atoms with E-state index >= 15 is 0 Å². The Bertz CT molecular complexity index is 727. The van der Waals surface area contributed by atoms with Gasteiger partial charge in [-0.1, -0.05) is 15.9 Å². The lowest BCUT2D eigenvalue weighted by molar-refractivity contribution is -0.119. The monoisotopic (exact) mass is 376 g/mol. The molecule has 5 nitrogen and oxygen atoms in total. The molecule has 23 heavy (non-hydrogen) atoms. The normalized spacial score (nSPS) is 17.3. The molecule has 6 heteroatoms. The lowest BCUT2D eigenvalue weighted by Gasteiger charge is -2.23. The van der Waals surface area contributed by atoms with Gasteiger partial charge in [-0.2, -0.15) is 0 Å². The first kappa shape index (κ1) is 15.8. The summed E-state index contributed by atoms with van der Waals surface area (Å²) in [6, 6.07) is 8.46. The van der Waals surface area contributed by atoms with Gasteiger partial charge < -0.3 is 14.6 Å². The number of halogens is 1. The number of anilines is 1. The first-order valence-corrected chi connectivity index (χ1v) is 8.27. The minimum Gasteiger partial charge on any atom is -0.459 e. The van der Waals surface area contributed by atoms with Crippen LogP contribution in [0.1, 0.15) is 29.0 Å². The zero-order valence-corrected chi connectivity index (χ0v) is 14.3. The van der Waals surface area contributed by atoms with Gasteiger partial charge >= 0.3 is 0 Å². The van der Waals surface area contributed by atoms with Crippen molar-refractivity contribution in [3.63, 3.8) is 0 Å². The molecule has 3 rings (SSSR count). The number of amides is 2. The molecule has 0 radical (unpaired) electrons. The number of carbonyl (C=O) groups is 2. The van der Waals surface area contributed by atoms with Crippen molar-refractivity contribution in [1.29, 1.82) is 0 Å². The quantitative estimate of drug-likeness (QED) is 0.889. The van der Waals surface area contributed by atoms with Crippen LogP contribution in [0.5, 0.6) is 0 Å². The summed E-state index contributed by atoms with van der Waals surface area (Å²) >= 11 is 3.44. The van der Waals surface area contributed by atoms with Crippen molar-refractivity contribution < 1.29 is 14.0 Å². The highest BCUT2D eigenvalue weighted by Crippen LogP contribution is 2.24. The largest absolute Gasteiger partial charge is 0.459 e. The second-order valence-electron chi connectivity index (χ2n) is 5.59. The predicted molar refractivity (Wildman–Crippen MR) is 90.3 cm³/mol. The third-order valence-electron chi connectivity index (χ3n) is 3.97. The van der Waals surface area contributed by atoms with E-state index in [1.165, 1.54) is 6.26 Å². The average molecular weight is 377 g/mol. The van der Waals surface area contributed by atoms with Crippen molar-refractivity contribution in [2.24, 2.45) is 0 Å². The number of nitrogens with one attached hydrogen (secondary N) is 1. The molecule has 1 atom stereocenters. The summed E-state index contributed by atoms with van der Waals surface area (Å²) in [4.78, 5) is 26.6. The minimum absolute atomic E-state index is 0.163. The number of likely N-dealkylation sites (tertiary alicyclic amines) is 1. The van der Waals surface area contributed by atoms with Crippen molar-refractivity contribution in [3.05, 3.63) is 52.4 Å². The van der Waals surface area contributed by atoms with Gasteiger partial charge in [0.25, 0.3) is 5.91 Å². The molecular formula is C17H17BrN2O3. The van der Waals surface area contributed by atoms with E-state index in [4.69, 9.17) is 4.42 Å². The molecule has 1 aromatic heterocycles. The molecule has 1 aliphatic heterocycles. The molecule has 1 aliphatic rings. The number of hydrogen-bond acceptors (Lipinski definition) is 3. The van der Waals surface area contributed by atoms with Crippen LogP contribution in [0, 0.1) is 6.92 Å². The number of hydrogen-bond donors (Lipinski definition) is 1. The predicted octanol–water partition coefficient (Wildman–Crippen LogP) is 3.59. The van der Waals surface area contributed by atoms with Crippen LogP contribution >= 0.6 is 15.9 Å². The smallest absolute Gasteiger partial charge is 0.290 e. The second-order valence-corrected chi connectivity index (χ2v) is 6.44. The number of carbonyl (C=O) groups excluding carboxylic acids is 2. The zero-order chi connectivity index (χ0) is 16.4. The molecule has 120 valence electrons. The highest BCUT2D eigenvalue weighted by molar-refractivity contribution is 9.10. The van der Waals surface area contributed by atoms with Crippen molar-refractivity contribution in [2.45, 2.75) is 25.8 Å². The van der Waals surface area contributed by atoms with Crippen LogP contribution in [0.3, 0.4) is 0 Å². The van der Waals surface area contributed by atoms with Crippen molar-refractivity contribution in [3.8, 4) is 0 Å². The summed E-state index contributed by atoms with van der Waals surface area (Å²) in [5.41, 5.74) is 1.77. The Morgan fingerprint density at radius 3 is 2.87 bits per heavy atom. The van der Waals surface area contributed by atoms with Gasteiger partial charge in [0, 0.05) is 16.7 Å². The molecule has 1 aromatic carbocycles. The van der Waals surface area contributed by atoms with Crippen molar-refractivity contribution >= 4 is 33.4 Å². The van der Waals surface area contributed by atoms with E-state index in [-0.39, 0.29) is 17.6 Å². The van der Waals surface area contributed by atoms with Gasteiger partial charge in [0.05, 0.1) is 6.26 Å². The molecule has 0 saturated carbocycles. The molecule has 2 aromatic rings. The average Bonchev–Trinajstić information content (AvgIpc) is 3.21. The van der Waals surface area contributed by atoms with E-state index in [1.54, 1.807) is 17.0 Å². The number of furan rings is 1. The fourth-order valence-electron chi connectivity index (χ4n) is 2.77. The SMILES string of the molecule is Cc1cc(NC(=O)[C@H]2CCCN2C(=O)c2ccco2)ccc1Br. The van der Waals surface area contributed by atoms with Gasteiger partial charge in [0.2, 0.25) is 5.91 Å². The number of nitrogens with zero attached hydrogens (tertiary/aromatic N) is 1. The van der Waals surface area contributed by atoms with Crippen LogP contribution in [0.25, 0.3) is 0 Å². The summed E-state index contributed by atoms with van der Waals surface area (Å²) in [6.45, 7) is 2.53. The van der Waals surface area contributed by atoms with Crippen LogP contribution in [-0.4, -0.2) is 29.3 Å². The standard InChI is InChI=1S/C17H17BrN2O3/c1-11-10-12(6-7-13(11)18)19-16(21)14-4-2-8-20(14)17(22)15-5-3-9-23-15/h3,5-7,9-10,14H,2,4,8H2,1H3,(H,19,21)/t14-/m1/s1. The highest BCUT2D eigenvalue weighted by atomic mass is 79.9. The van der Waals surface area contributed by atoms with Crippen LogP contribution in [0.2, 0.25) is 0 Å². The first-order valence-electron chi connectivity index (χ1n) is 7.48. The Kier molecular flexibility index (Phi) is 4.52. The van der Waals surface area contributed by atoms with E-state index in [0.29, 0.717) is 13.0 Å². The van der Waals surface area contributed by atoms with Crippen LogP contribution in [0.15, 0.2) is 45.5 Å². The van der Waals surface area contributed by atoms with Crippen molar-refractivity contribution in [2.75, 3.05) is 11.9 Å². The Hall–Kier alpha value is -2.08. The van der Waals surface area contributed by atoms with Crippen molar-refractivity contribution in [1.82, 2.24) is 4.90 Å². The summed E-state index contributed by atoms with van der Waals surface area (Å²) in [5.74, 6) is -0.132. The van der Waals surface area contributed by atoms with Gasteiger partial charge in [-0.25, -0.2) is 0 Å². The Morgan fingerprint density at radius 1 is 1.35 bits per heavy atom. The lowest BCUT2D eigenvalue weighted by atomic mass is 10.1. The van der Waals surface area contributed by atoms with Crippen LogP contribution in [0.4, 0.5) is 5.69 Å². The van der Waals surface area contributed by atoms with Gasteiger partial charge in [-0.3, -0.25) is 9.59 Å². The van der Waals surface area contributed by atoms with E-state index in [1.807, 2.05) is 25.1 Å². The van der Waals surface area contributed by atoms with E-state index in [9.17, 15) is 9.59 Å². The molecule has 1 saturated heterocycles. The summed E-state index contributed by atoms with van der Waals surface area (Å²) in [6.07, 6.45) is 2.93. The van der Waals surface area contributed by atoms with Crippen LogP contribution in [-0.2, 0) is 4.79 Å². The first-order chi connectivity index (χ1) is 11.1. The third-order valence-corrected chi connectivity index (χ3v) is 4.86. The van der Waals surface area contributed by atoms with Gasteiger partial charge in [0.15, 0.2) is 5.76 Å². The third kappa shape index (κ3) is 3.32. The zero-order valence-electron chi connectivity index (χ0n) is 12.7. The molecule has 0 aliphatic carbocycles. The summed E-state index contributed by atoms with van der Waals surface area (Å²) in [7, 11) is 0. The van der Waals surface area contributed by atoms with E-state index < -0.39 is 6.04 Å². The number of aryl methyl sites for hydroxylation is 1. The fraction of sp³-hybridized carbons (Fsp3) is 0.294. The van der Waals surface area contributed by atoms with Gasteiger partial charge in [0.1, 0.15) is 6.04 Å². The van der Waals surface area contributed by atoms with E-state index in [0.717, 1.165) is 22.1 Å². The molecule has 0 unspecified atom stereocenters. The van der Waals surface area contributed by atoms with Gasteiger partial charge in [-0.15, -0.1) is 0 Å². The fourth-order valence-corrected chi connectivity index (χ4v) is 3.02. The summed E-state index contributed by atoms with van der Waals surface area (Å²) in [5, 5.41) is 2.90. The maximum Gasteiger partial charge on any atom is 0.290 e. The maximum atomic E-state index is 12.5.